The third-order valence-electron chi connectivity index (χ3n) is 3.44. The number of aromatic nitrogens is 1. The van der Waals surface area contributed by atoms with E-state index in [0.29, 0.717) is 12.4 Å². The number of alkyl halides is 3. The van der Waals surface area contributed by atoms with Crippen LogP contribution in [-0.4, -0.2) is 24.1 Å². The molecule has 1 aromatic heterocycles. The molecule has 2 N–H and O–H groups in total. The summed E-state index contributed by atoms with van der Waals surface area (Å²) >= 11 is 0. The van der Waals surface area contributed by atoms with Crippen molar-refractivity contribution < 1.29 is 13.2 Å². The van der Waals surface area contributed by atoms with Gasteiger partial charge in [-0.1, -0.05) is 6.07 Å². The zero-order chi connectivity index (χ0) is 13.9. The average Bonchev–Trinajstić information content (AvgIpc) is 2.83. The maximum Gasteiger partial charge on any atom is 0.433 e. The highest BCUT2D eigenvalue weighted by Gasteiger charge is 2.33. The predicted molar refractivity (Wildman–Crippen MR) is 67.9 cm³/mol. The molecule has 6 heteroatoms. The molecule has 106 valence electrons. The van der Waals surface area contributed by atoms with Crippen molar-refractivity contribution >= 4 is 5.82 Å². The van der Waals surface area contributed by atoms with Crippen LogP contribution in [0.15, 0.2) is 18.2 Å². The number of halogens is 3. The van der Waals surface area contributed by atoms with Crippen LogP contribution in [-0.2, 0) is 6.18 Å². The lowest BCUT2D eigenvalue weighted by molar-refractivity contribution is -0.141. The minimum absolute atomic E-state index is 0.263. The van der Waals surface area contributed by atoms with Crippen molar-refractivity contribution in [1.29, 1.82) is 0 Å². The smallest absolute Gasteiger partial charge is 0.354 e. The Morgan fingerprint density at radius 1 is 1.37 bits per heavy atom. The number of nitrogens with zero attached hydrogens (tertiary/aromatic N) is 2. The second-order valence-electron chi connectivity index (χ2n) is 4.80. The molecule has 1 aliphatic heterocycles. The summed E-state index contributed by atoms with van der Waals surface area (Å²) < 4.78 is 38.0. The van der Waals surface area contributed by atoms with Crippen LogP contribution in [0.5, 0.6) is 0 Å². The molecular formula is C13H18F3N3. The summed E-state index contributed by atoms with van der Waals surface area (Å²) in [5, 5.41) is 0. The second-order valence-corrected chi connectivity index (χ2v) is 4.80. The van der Waals surface area contributed by atoms with E-state index in [4.69, 9.17) is 5.73 Å². The summed E-state index contributed by atoms with van der Waals surface area (Å²) in [7, 11) is 0. The van der Waals surface area contributed by atoms with Crippen LogP contribution in [0.3, 0.4) is 0 Å². The summed E-state index contributed by atoms with van der Waals surface area (Å²) in [4.78, 5) is 5.73. The van der Waals surface area contributed by atoms with Gasteiger partial charge in [-0.2, -0.15) is 13.2 Å². The first-order valence-corrected chi connectivity index (χ1v) is 6.53. The van der Waals surface area contributed by atoms with E-state index in [9.17, 15) is 13.2 Å². The maximum absolute atomic E-state index is 12.7. The Morgan fingerprint density at radius 2 is 2.16 bits per heavy atom. The first kappa shape index (κ1) is 14.1. The van der Waals surface area contributed by atoms with E-state index in [0.717, 1.165) is 38.3 Å². The average molecular weight is 273 g/mol. The van der Waals surface area contributed by atoms with E-state index in [1.54, 1.807) is 6.07 Å². The molecule has 0 aromatic carbocycles. The van der Waals surface area contributed by atoms with Gasteiger partial charge in [0.1, 0.15) is 11.5 Å². The lowest BCUT2D eigenvalue weighted by Crippen LogP contribution is -2.30. The molecule has 0 amide bonds. The van der Waals surface area contributed by atoms with Crippen molar-refractivity contribution in [3.63, 3.8) is 0 Å². The summed E-state index contributed by atoms with van der Waals surface area (Å²) in [5.41, 5.74) is 4.66. The van der Waals surface area contributed by atoms with E-state index in [2.05, 4.69) is 4.98 Å². The van der Waals surface area contributed by atoms with Crippen LogP contribution in [0.25, 0.3) is 0 Å². The van der Waals surface area contributed by atoms with Crippen LogP contribution in [0, 0.1) is 0 Å². The van der Waals surface area contributed by atoms with Gasteiger partial charge in [0.15, 0.2) is 0 Å². The van der Waals surface area contributed by atoms with Crippen LogP contribution >= 0.6 is 0 Å². The molecule has 1 atom stereocenters. The number of hydrogen-bond acceptors (Lipinski definition) is 3. The molecule has 3 nitrogen and oxygen atoms in total. The SMILES string of the molecule is NCCCC1CCCN1c1cccc(C(F)(F)F)n1. The largest absolute Gasteiger partial charge is 0.433 e. The van der Waals surface area contributed by atoms with E-state index < -0.39 is 11.9 Å². The molecular weight excluding hydrogens is 255 g/mol. The van der Waals surface area contributed by atoms with Gasteiger partial charge in [0, 0.05) is 12.6 Å². The Kier molecular flexibility index (Phi) is 4.29. The van der Waals surface area contributed by atoms with Crippen molar-refractivity contribution in [1.82, 2.24) is 4.98 Å². The van der Waals surface area contributed by atoms with Gasteiger partial charge in [-0.25, -0.2) is 4.98 Å². The molecule has 1 fully saturated rings. The Bertz CT molecular complexity index is 420. The normalized spacial score (nSPS) is 20.0. The minimum Gasteiger partial charge on any atom is -0.354 e. The van der Waals surface area contributed by atoms with Gasteiger partial charge < -0.3 is 10.6 Å². The molecule has 0 radical (unpaired) electrons. The Labute approximate surface area is 110 Å². The van der Waals surface area contributed by atoms with E-state index in [1.807, 2.05) is 4.90 Å². The lowest BCUT2D eigenvalue weighted by Gasteiger charge is -2.26. The van der Waals surface area contributed by atoms with E-state index in [-0.39, 0.29) is 6.04 Å². The molecule has 1 aliphatic rings. The van der Waals surface area contributed by atoms with E-state index >= 15 is 0 Å². The first-order valence-electron chi connectivity index (χ1n) is 6.53. The molecule has 0 saturated carbocycles. The standard InChI is InChI=1S/C13H18F3N3/c14-13(15,16)11-6-1-7-12(18-11)19-9-3-5-10(19)4-2-8-17/h1,6-7,10H,2-5,8-9,17H2. The van der Waals surface area contributed by atoms with Gasteiger partial charge in [-0.05, 0) is 44.4 Å². The predicted octanol–water partition coefficient (Wildman–Crippen LogP) is 2.81. The topological polar surface area (TPSA) is 42.1 Å². The number of hydrogen-bond donors (Lipinski definition) is 1. The number of anilines is 1. The monoisotopic (exact) mass is 273 g/mol. The zero-order valence-electron chi connectivity index (χ0n) is 10.7. The van der Waals surface area contributed by atoms with Gasteiger partial charge in [0.05, 0.1) is 0 Å². The van der Waals surface area contributed by atoms with Crippen molar-refractivity contribution in [2.45, 2.75) is 37.9 Å². The van der Waals surface area contributed by atoms with Crippen LogP contribution in [0.2, 0.25) is 0 Å². The van der Waals surface area contributed by atoms with Crippen LogP contribution in [0.1, 0.15) is 31.4 Å². The third-order valence-corrected chi connectivity index (χ3v) is 3.44. The number of rotatable bonds is 4. The van der Waals surface area contributed by atoms with Gasteiger partial charge in [-0.15, -0.1) is 0 Å². The molecule has 2 rings (SSSR count). The molecule has 1 saturated heterocycles. The Balaban J connectivity index is 2.16. The van der Waals surface area contributed by atoms with Crippen molar-refractivity contribution in [2.75, 3.05) is 18.0 Å². The van der Waals surface area contributed by atoms with Crippen LogP contribution < -0.4 is 10.6 Å². The van der Waals surface area contributed by atoms with Gasteiger partial charge in [0.25, 0.3) is 0 Å². The fourth-order valence-electron chi connectivity index (χ4n) is 2.53. The Hall–Kier alpha value is -1.30. The molecule has 1 unspecified atom stereocenters. The fourth-order valence-corrected chi connectivity index (χ4v) is 2.53. The minimum atomic E-state index is -4.39. The Morgan fingerprint density at radius 3 is 2.84 bits per heavy atom. The summed E-state index contributed by atoms with van der Waals surface area (Å²) in [6.45, 7) is 1.38. The maximum atomic E-state index is 12.7. The molecule has 2 heterocycles. The third kappa shape index (κ3) is 3.37. The van der Waals surface area contributed by atoms with Crippen molar-refractivity contribution in [3.05, 3.63) is 23.9 Å². The number of pyridine rings is 1. The quantitative estimate of drug-likeness (QED) is 0.917. The second kappa shape index (κ2) is 5.77. The first-order chi connectivity index (χ1) is 9.02. The highest BCUT2D eigenvalue weighted by atomic mass is 19.4. The van der Waals surface area contributed by atoms with Gasteiger partial charge in [-0.3, -0.25) is 0 Å². The molecule has 0 spiro atoms. The highest BCUT2D eigenvalue weighted by Crippen LogP contribution is 2.31. The van der Waals surface area contributed by atoms with E-state index in [1.165, 1.54) is 6.07 Å². The van der Waals surface area contributed by atoms with Crippen molar-refractivity contribution in [3.8, 4) is 0 Å². The summed E-state index contributed by atoms with van der Waals surface area (Å²) in [5.74, 6) is 0.425. The van der Waals surface area contributed by atoms with Crippen molar-refractivity contribution in [2.24, 2.45) is 5.73 Å². The molecule has 0 bridgehead atoms. The number of nitrogens with two attached hydrogens (primary N) is 1. The van der Waals surface area contributed by atoms with Gasteiger partial charge in [0.2, 0.25) is 0 Å². The van der Waals surface area contributed by atoms with Gasteiger partial charge >= 0.3 is 6.18 Å². The molecule has 1 aromatic rings. The zero-order valence-corrected chi connectivity index (χ0v) is 10.7. The molecule has 0 aliphatic carbocycles. The summed E-state index contributed by atoms with van der Waals surface area (Å²) in [6.07, 6.45) is -0.595. The fraction of sp³-hybridized carbons (Fsp3) is 0.615. The highest BCUT2D eigenvalue weighted by molar-refractivity contribution is 5.42. The van der Waals surface area contributed by atoms with Crippen LogP contribution in [0.4, 0.5) is 19.0 Å². The summed E-state index contributed by atoms with van der Waals surface area (Å²) in [6, 6.07) is 4.34. The lowest BCUT2D eigenvalue weighted by atomic mass is 10.1. The molecule has 19 heavy (non-hydrogen) atoms.